The van der Waals surface area contributed by atoms with Crippen LogP contribution in [-0.4, -0.2) is 44.6 Å². The van der Waals surface area contributed by atoms with E-state index in [0.29, 0.717) is 12.4 Å². The number of likely N-dealkylation sites (tertiary alicyclic amines) is 1. The summed E-state index contributed by atoms with van der Waals surface area (Å²) in [5.41, 5.74) is 0. The van der Waals surface area contributed by atoms with E-state index in [1.165, 1.54) is 12.8 Å². The fourth-order valence-corrected chi connectivity index (χ4v) is 1.80. The number of amides is 2. The minimum absolute atomic E-state index is 0.0355. The maximum absolute atomic E-state index is 11.8. The Balaban J connectivity index is 1.78. The first-order valence-electron chi connectivity index (χ1n) is 5.61. The van der Waals surface area contributed by atoms with Gasteiger partial charge in [0, 0.05) is 13.1 Å². The average Bonchev–Trinajstić information content (AvgIpc) is 2.66. The zero-order valence-electron chi connectivity index (χ0n) is 9.15. The summed E-state index contributed by atoms with van der Waals surface area (Å²) in [5, 5.41) is 16.1. The third kappa shape index (κ3) is 2.91. The van der Waals surface area contributed by atoms with E-state index in [9.17, 15) is 4.79 Å². The average molecular weight is 224 g/mol. The highest BCUT2D eigenvalue weighted by Gasteiger charge is 2.15. The summed E-state index contributed by atoms with van der Waals surface area (Å²) in [6.07, 6.45) is 4.62. The molecule has 7 heteroatoms. The second kappa shape index (κ2) is 5.43. The van der Waals surface area contributed by atoms with Crippen LogP contribution in [0.5, 0.6) is 0 Å². The molecule has 1 aliphatic rings. The first-order valence-corrected chi connectivity index (χ1v) is 5.61. The number of aromatic amines is 1. The quantitative estimate of drug-likeness (QED) is 0.755. The van der Waals surface area contributed by atoms with E-state index < -0.39 is 0 Å². The maximum Gasteiger partial charge on any atom is 0.317 e. The zero-order chi connectivity index (χ0) is 11.2. The lowest BCUT2D eigenvalue weighted by Crippen LogP contribution is -2.40. The third-order valence-electron chi connectivity index (χ3n) is 2.68. The van der Waals surface area contributed by atoms with Crippen LogP contribution in [0, 0.1) is 0 Å². The monoisotopic (exact) mass is 224 g/mol. The molecule has 0 atom stereocenters. The molecule has 0 spiro atoms. The molecular weight excluding hydrogens is 208 g/mol. The van der Waals surface area contributed by atoms with Gasteiger partial charge in [-0.3, -0.25) is 0 Å². The summed E-state index contributed by atoms with van der Waals surface area (Å²) >= 11 is 0. The van der Waals surface area contributed by atoms with Crippen molar-refractivity contribution in [3.05, 3.63) is 5.82 Å². The highest BCUT2D eigenvalue weighted by atomic mass is 16.2. The van der Waals surface area contributed by atoms with Gasteiger partial charge in [0.05, 0.1) is 6.54 Å². The van der Waals surface area contributed by atoms with Gasteiger partial charge < -0.3 is 10.2 Å². The standard InChI is InChI=1S/C9H16N6O/c16-9(10-7-8-11-13-14-12-8)15-5-3-1-2-4-6-15/h1-7H2,(H,10,16)(H,11,12,13,14). The van der Waals surface area contributed by atoms with E-state index >= 15 is 0 Å². The van der Waals surface area contributed by atoms with Crippen molar-refractivity contribution in [2.45, 2.75) is 32.2 Å². The van der Waals surface area contributed by atoms with Gasteiger partial charge in [-0.05, 0) is 12.8 Å². The molecule has 1 aliphatic heterocycles. The van der Waals surface area contributed by atoms with Crippen LogP contribution < -0.4 is 5.32 Å². The van der Waals surface area contributed by atoms with E-state index in [0.717, 1.165) is 25.9 Å². The van der Waals surface area contributed by atoms with Gasteiger partial charge in [0.25, 0.3) is 0 Å². The summed E-state index contributed by atoms with van der Waals surface area (Å²) in [5.74, 6) is 0.503. The predicted octanol–water partition coefficient (Wildman–Crippen LogP) is 0.285. The van der Waals surface area contributed by atoms with Crippen LogP contribution in [0.4, 0.5) is 4.79 Å². The molecule has 88 valence electrons. The van der Waals surface area contributed by atoms with Crippen molar-refractivity contribution >= 4 is 6.03 Å². The highest BCUT2D eigenvalue weighted by Crippen LogP contribution is 2.09. The van der Waals surface area contributed by atoms with Gasteiger partial charge in [-0.1, -0.05) is 18.1 Å². The van der Waals surface area contributed by atoms with Crippen molar-refractivity contribution < 1.29 is 4.79 Å². The predicted molar refractivity (Wildman–Crippen MR) is 56.5 cm³/mol. The summed E-state index contributed by atoms with van der Waals surface area (Å²) in [7, 11) is 0. The number of urea groups is 1. The summed E-state index contributed by atoms with van der Waals surface area (Å²) in [4.78, 5) is 13.6. The van der Waals surface area contributed by atoms with Crippen LogP contribution in [0.15, 0.2) is 0 Å². The minimum Gasteiger partial charge on any atom is -0.331 e. The molecule has 0 bridgehead atoms. The fraction of sp³-hybridized carbons (Fsp3) is 0.778. The second-order valence-electron chi connectivity index (χ2n) is 3.89. The van der Waals surface area contributed by atoms with E-state index in [-0.39, 0.29) is 6.03 Å². The lowest BCUT2D eigenvalue weighted by Gasteiger charge is -2.20. The molecule has 2 rings (SSSR count). The first-order chi connectivity index (χ1) is 7.86. The molecule has 0 aromatic carbocycles. The van der Waals surface area contributed by atoms with E-state index in [2.05, 4.69) is 25.9 Å². The number of nitrogens with one attached hydrogen (secondary N) is 2. The molecule has 0 radical (unpaired) electrons. The molecule has 0 unspecified atom stereocenters. The molecular formula is C9H16N6O. The largest absolute Gasteiger partial charge is 0.331 e. The molecule has 2 amide bonds. The van der Waals surface area contributed by atoms with Gasteiger partial charge in [-0.2, -0.15) is 5.21 Å². The van der Waals surface area contributed by atoms with Gasteiger partial charge in [0.15, 0.2) is 5.82 Å². The van der Waals surface area contributed by atoms with Gasteiger partial charge in [0.2, 0.25) is 0 Å². The summed E-state index contributed by atoms with van der Waals surface area (Å²) < 4.78 is 0. The van der Waals surface area contributed by atoms with E-state index in [1.807, 2.05) is 4.90 Å². The van der Waals surface area contributed by atoms with Crippen LogP contribution >= 0.6 is 0 Å². The van der Waals surface area contributed by atoms with Crippen LogP contribution in [0.2, 0.25) is 0 Å². The molecule has 0 aliphatic carbocycles. The number of hydrogen-bond donors (Lipinski definition) is 2. The van der Waals surface area contributed by atoms with Crippen molar-refractivity contribution in [2.75, 3.05) is 13.1 Å². The maximum atomic E-state index is 11.8. The molecule has 2 N–H and O–H groups in total. The Bertz CT molecular complexity index is 317. The van der Waals surface area contributed by atoms with Crippen molar-refractivity contribution in [3.63, 3.8) is 0 Å². The zero-order valence-corrected chi connectivity index (χ0v) is 9.15. The highest BCUT2D eigenvalue weighted by molar-refractivity contribution is 5.74. The number of tetrazole rings is 1. The molecule has 1 aromatic heterocycles. The van der Waals surface area contributed by atoms with Crippen LogP contribution in [0.3, 0.4) is 0 Å². The van der Waals surface area contributed by atoms with Gasteiger partial charge in [-0.15, -0.1) is 10.2 Å². The molecule has 1 fully saturated rings. The normalized spacial score (nSPS) is 16.9. The Morgan fingerprint density at radius 1 is 1.31 bits per heavy atom. The SMILES string of the molecule is O=C(NCc1nn[nH]n1)N1CCCCCC1. The van der Waals surface area contributed by atoms with E-state index in [4.69, 9.17) is 0 Å². The lowest BCUT2D eigenvalue weighted by molar-refractivity contribution is 0.199. The minimum atomic E-state index is -0.0355. The Hall–Kier alpha value is -1.66. The van der Waals surface area contributed by atoms with Crippen molar-refractivity contribution in [3.8, 4) is 0 Å². The smallest absolute Gasteiger partial charge is 0.317 e. The van der Waals surface area contributed by atoms with Gasteiger partial charge >= 0.3 is 6.03 Å². The van der Waals surface area contributed by atoms with Crippen molar-refractivity contribution in [1.29, 1.82) is 0 Å². The number of nitrogens with zero attached hydrogens (tertiary/aromatic N) is 4. The number of aromatic nitrogens is 4. The first kappa shape index (κ1) is 10.8. The van der Waals surface area contributed by atoms with Crippen molar-refractivity contribution in [1.82, 2.24) is 30.8 Å². The third-order valence-corrected chi connectivity index (χ3v) is 2.68. The lowest BCUT2D eigenvalue weighted by atomic mass is 10.2. The van der Waals surface area contributed by atoms with Gasteiger partial charge in [-0.25, -0.2) is 4.79 Å². The second-order valence-corrected chi connectivity index (χ2v) is 3.89. The van der Waals surface area contributed by atoms with Crippen LogP contribution in [0.1, 0.15) is 31.5 Å². The summed E-state index contributed by atoms with van der Waals surface area (Å²) in [6, 6.07) is -0.0355. The topological polar surface area (TPSA) is 86.8 Å². The number of carbonyl (C=O) groups excluding carboxylic acids is 1. The Morgan fingerprint density at radius 2 is 2.06 bits per heavy atom. The molecule has 1 saturated heterocycles. The molecule has 0 saturated carbocycles. The fourth-order valence-electron chi connectivity index (χ4n) is 1.80. The molecule has 7 nitrogen and oxygen atoms in total. The molecule has 1 aromatic rings. The number of rotatable bonds is 2. The van der Waals surface area contributed by atoms with E-state index in [1.54, 1.807) is 0 Å². The number of H-pyrrole nitrogens is 1. The summed E-state index contributed by atoms with van der Waals surface area (Å²) in [6.45, 7) is 2.02. The number of carbonyl (C=O) groups is 1. The Kier molecular flexibility index (Phi) is 3.68. The van der Waals surface area contributed by atoms with Crippen LogP contribution in [0.25, 0.3) is 0 Å². The Morgan fingerprint density at radius 3 is 2.69 bits per heavy atom. The Labute approximate surface area is 93.6 Å². The van der Waals surface area contributed by atoms with Gasteiger partial charge in [0.1, 0.15) is 0 Å². The van der Waals surface area contributed by atoms with Crippen molar-refractivity contribution in [2.24, 2.45) is 0 Å². The van der Waals surface area contributed by atoms with Crippen LogP contribution in [-0.2, 0) is 6.54 Å². The molecule has 16 heavy (non-hydrogen) atoms. The number of hydrogen-bond acceptors (Lipinski definition) is 4. The molecule has 2 heterocycles.